The second-order valence-corrected chi connectivity index (χ2v) is 5.92. The lowest BCUT2D eigenvalue weighted by Gasteiger charge is -2.09. The predicted octanol–water partition coefficient (Wildman–Crippen LogP) is 3.74. The van der Waals surface area contributed by atoms with Crippen LogP contribution in [-0.4, -0.2) is 21.8 Å². The van der Waals surface area contributed by atoms with Crippen molar-refractivity contribution in [2.75, 3.05) is 16.0 Å². The van der Waals surface area contributed by atoms with Gasteiger partial charge in [-0.05, 0) is 48.9 Å². The highest BCUT2D eigenvalue weighted by Gasteiger charge is 2.10. The van der Waals surface area contributed by atoms with E-state index in [0.717, 1.165) is 11.3 Å². The van der Waals surface area contributed by atoms with Crippen molar-refractivity contribution in [1.29, 1.82) is 0 Å². The van der Waals surface area contributed by atoms with Crippen molar-refractivity contribution in [2.45, 2.75) is 13.8 Å². The van der Waals surface area contributed by atoms with Crippen LogP contribution in [0.5, 0.6) is 0 Å². The van der Waals surface area contributed by atoms with Crippen LogP contribution in [0.3, 0.4) is 0 Å². The van der Waals surface area contributed by atoms with Crippen LogP contribution in [0, 0.1) is 6.92 Å². The molecule has 0 aliphatic heterocycles. The van der Waals surface area contributed by atoms with Crippen LogP contribution in [0.1, 0.15) is 23.0 Å². The molecular formula is C20H19N5O2. The Morgan fingerprint density at radius 2 is 1.56 bits per heavy atom. The van der Waals surface area contributed by atoms with Crippen molar-refractivity contribution in [3.05, 3.63) is 72.1 Å². The van der Waals surface area contributed by atoms with Crippen molar-refractivity contribution >= 4 is 34.8 Å². The van der Waals surface area contributed by atoms with Gasteiger partial charge in [0, 0.05) is 30.2 Å². The summed E-state index contributed by atoms with van der Waals surface area (Å²) >= 11 is 0. The van der Waals surface area contributed by atoms with Crippen molar-refractivity contribution in [1.82, 2.24) is 9.97 Å². The summed E-state index contributed by atoms with van der Waals surface area (Å²) in [6.45, 7) is 3.41. The maximum atomic E-state index is 12.4. The average Bonchev–Trinajstić information content (AvgIpc) is 2.65. The molecule has 7 nitrogen and oxygen atoms in total. The minimum absolute atomic E-state index is 0.151. The number of aromatic nitrogens is 2. The maximum absolute atomic E-state index is 12.4. The molecule has 0 unspecified atom stereocenters. The molecule has 3 rings (SSSR count). The van der Waals surface area contributed by atoms with Gasteiger partial charge in [-0.15, -0.1) is 0 Å². The second-order valence-electron chi connectivity index (χ2n) is 5.92. The standard InChI is InChI=1S/C20H19N5O2/c1-13-5-3-4-6-17(13)24-20-21-12-11-18(25-20)19(27)23-16-9-7-15(8-10-16)22-14(2)26/h3-12H,1-2H3,(H,22,26)(H,23,27)(H,21,24,25). The number of aryl methyl sites for hydroxylation is 1. The summed E-state index contributed by atoms with van der Waals surface area (Å²) in [6, 6.07) is 16.1. The fraction of sp³-hybridized carbons (Fsp3) is 0.100. The molecule has 0 aliphatic rings. The van der Waals surface area contributed by atoms with Crippen molar-refractivity contribution in [3.8, 4) is 0 Å². The van der Waals surface area contributed by atoms with Crippen molar-refractivity contribution < 1.29 is 9.59 Å². The van der Waals surface area contributed by atoms with E-state index in [1.54, 1.807) is 30.3 Å². The van der Waals surface area contributed by atoms with Gasteiger partial charge in [-0.1, -0.05) is 18.2 Å². The van der Waals surface area contributed by atoms with E-state index in [1.165, 1.54) is 13.1 Å². The number of para-hydroxylation sites is 1. The molecular weight excluding hydrogens is 342 g/mol. The first-order valence-corrected chi connectivity index (χ1v) is 8.36. The van der Waals surface area contributed by atoms with Crippen LogP contribution < -0.4 is 16.0 Å². The summed E-state index contributed by atoms with van der Waals surface area (Å²) < 4.78 is 0. The van der Waals surface area contributed by atoms with Crippen LogP contribution in [0.2, 0.25) is 0 Å². The van der Waals surface area contributed by atoms with Gasteiger partial charge in [0.2, 0.25) is 11.9 Å². The molecule has 0 saturated carbocycles. The van der Waals surface area contributed by atoms with Crippen LogP contribution in [0.15, 0.2) is 60.8 Å². The zero-order chi connectivity index (χ0) is 19.2. The third-order valence-electron chi connectivity index (χ3n) is 3.74. The molecule has 1 heterocycles. The molecule has 7 heteroatoms. The average molecular weight is 361 g/mol. The summed E-state index contributed by atoms with van der Waals surface area (Å²) in [6.07, 6.45) is 1.53. The van der Waals surface area contributed by atoms with Crippen LogP contribution >= 0.6 is 0 Å². The van der Waals surface area contributed by atoms with Gasteiger partial charge in [-0.25, -0.2) is 9.97 Å². The number of nitrogens with zero attached hydrogens (tertiary/aromatic N) is 2. The second kappa shape index (κ2) is 8.09. The quantitative estimate of drug-likeness (QED) is 0.643. The Balaban J connectivity index is 1.70. The van der Waals surface area contributed by atoms with E-state index in [2.05, 4.69) is 25.9 Å². The van der Waals surface area contributed by atoms with Crippen LogP contribution in [0.4, 0.5) is 23.0 Å². The van der Waals surface area contributed by atoms with E-state index >= 15 is 0 Å². The molecule has 2 aromatic carbocycles. The van der Waals surface area contributed by atoms with Crippen molar-refractivity contribution in [3.63, 3.8) is 0 Å². The first-order valence-electron chi connectivity index (χ1n) is 8.36. The first-order chi connectivity index (χ1) is 13.0. The smallest absolute Gasteiger partial charge is 0.274 e. The summed E-state index contributed by atoms with van der Waals surface area (Å²) in [7, 11) is 0. The van der Waals surface area contributed by atoms with Crippen LogP contribution in [0.25, 0.3) is 0 Å². The van der Waals surface area contributed by atoms with E-state index in [0.29, 0.717) is 17.3 Å². The van der Waals surface area contributed by atoms with E-state index in [-0.39, 0.29) is 17.5 Å². The molecule has 2 amide bonds. The van der Waals surface area contributed by atoms with Gasteiger partial charge in [-0.2, -0.15) is 0 Å². The Morgan fingerprint density at radius 1 is 0.889 bits per heavy atom. The molecule has 0 bridgehead atoms. The summed E-state index contributed by atoms with van der Waals surface area (Å²) in [5.74, 6) is -0.156. The van der Waals surface area contributed by atoms with E-state index in [1.807, 2.05) is 31.2 Å². The van der Waals surface area contributed by atoms with Crippen LogP contribution in [-0.2, 0) is 4.79 Å². The van der Waals surface area contributed by atoms with E-state index in [4.69, 9.17) is 0 Å². The number of benzene rings is 2. The number of rotatable bonds is 5. The Labute approximate surface area is 156 Å². The molecule has 0 aliphatic carbocycles. The molecule has 0 spiro atoms. The normalized spacial score (nSPS) is 10.1. The minimum Gasteiger partial charge on any atom is -0.326 e. The minimum atomic E-state index is -0.350. The van der Waals surface area contributed by atoms with Gasteiger partial charge < -0.3 is 16.0 Å². The number of hydrogen-bond donors (Lipinski definition) is 3. The number of hydrogen-bond acceptors (Lipinski definition) is 5. The van der Waals surface area contributed by atoms with E-state index in [9.17, 15) is 9.59 Å². The lowest BCUT2D eigenvalue weighted by atomic mass is 10.2. The first kappa shape index (κ1) is 18.1. The summed E-state index contributed by atoms with van der Waals surface area (Å²) in [5.41, 5.74) is 3.43. The van der Waals surface area contributed by atoms with Gasteiger partial charge in [0.25, 0.3) is 5.91 Å². The van der Waals surface area contributed by atoms with Gasteiger partial charge in [-0.3, -0.25) is 9.59 Å². The van der Waals surface area contributed by atoms with Gasteiger partial charge in [0.05, 0.1) is 0 Å². The monoisotopic (exact) mass is 361 g/mol. The highest BCUT2D eigenvalue weighted by Crippen LogP contribution is 2.18. The summed E-state index contributed by atoms with van der Waals surface area (Å²) in [4.78, 5) is 31.9. The molecule has 0 atom stereocenters. The third kappa shape index (κ3) is 4.88. The number of carbonyl (C=O) groups is 2. The number of anilines is 4. The Morgan fingerprint density at radius 3 is 2.22 bits per heavy atom. The lowest BCUT2D eigenvalue weighted by Crippen LogP contribution is -2.15. The fourth-order valence-electron chi connectivity index (χ4n) is 2.41. The molecule has 1 aromatic heterocycles. The number of nitrogens with one attached hydrogen (secondary N) is 3. The lowest BCUT2D eigenvalue weighted by molar-refractivity contribution is -0.114. The van der Waals surface area contributed by atoms with Gasteiger partial charge in [0.15, 0.2) is 0 Å². The topological polar surface area (TPSA) is 96.0 Å². The van der Waals surface area contributed by atoms with Gasteiger partial charge in [0.1, 0.15) is 5.69 Å². The zero-order valence-electron chi connectivity index (χ0n) is 15.0. The summed E-state index contributed by atoms with van der Waals surface area (Å²) in [5, 5.41) is 8.56. The SMILES string of the molecule is CC(=O)Nc1ccc(NC(=O)c2ccnc(Nc3ccccc3C)n2)cc1. The van der Waals surface area contributed by atoms with Gasteiger partial charge >= 0.3 is 0 Å². The fourth-order valence-corrected chi connectivity index (χ4v) is 2.41. The molecule has 0 radical (unpaired) electrons. The Kier molecular flexibility index (Phi) is 5.41. The molecule has 0 fully saturated rings. The predicted molar refractivity (Wildman–Crippen MR) is 105 cm³/mol. The van der Waals surface area contributed by atoms with Crippen molar-refractivity contribution in [2.24, 2.45) is 0 Å². The largest absolute Gasteiger partial charge is 0.326 e. The molecule has 3 aromatic rings. The molecule has 136 valence electrons. The molecule has 27 heavy (non-hydrogen) atoms. The molecule has 3 N–H and O–H groups in total. The number of amides is 2. The highest BCUT2D eigenvalue weighted by atomic mass is 16.2. The highest BCUT2D eigenvalue weighted by molar-refractivity contribution is 6.03. The van der Waals surface area contributed by atoms with E-state index < -0.39 is 0 Å². The maximum Gasteiger partial charge on any atom is 0.274 e. The third-order valence-corrected chi connectivity index (χ3v) is 3.74. The number of carbonyl (C=O) groups excluding carboxylic acids is 2. The molecule has 0 saturated heterocycles. The zero-order valence-corrected chi connectivity index (χ0v) is 15.0. The Hall–Kier alpha value is -3.74. The Bertz CT molecular complexity index is 970.